The molecule has 7 rings (SSSR count). The summed E-state index contributed by atoms with van der Waals surface area (Å²) in [6, 6.07) is 47.0. The predicted octanol–water partition coefficient (Wildman–Crippen LogP) is 8.81. The molecule has 49 heavy (non-hydrogen) atoms. The van der Waals surface area contributed by atoms with Crippen LogP contribution in [0.4, 0.5) is 0 Å². The first-order valence-electron chi connectivity index (χ1n) is 16.9. The Morgan fingerprint density at radius 3 is 1.31 bits per heavy atom. The highest BCUT2D eigenvalue weighted by molar-refractivity contribution is 6.38. The molecule has 0 N–H and O–H groups in total. The van der Waals surface area contributed by atoms with Gasteiger partial charge in [0, 0.05) is 0 Å². The van der Waals surface area contributed by atoms with Gasteiger partial charge in [0.05, 0.1) is 12.9 Å². The quantitative estimate of drug-likeness (QED) is 0.161. The van der Waals surface area contributed by atoms with Crippen LogP contribution in [0.5, 0.6) is 11.5 Å². The lowest BCUT2D eigenvalue weighted by Crippen LogP contribution is -2.53. The molecule has 5 aromatic carbocycles. The fraction of sp³-hybridized carbons (Fsp3) is 0.286. The number of rotatable bonds is 7. The maximum atomic E-state index is 7.56. The summed E-state index contributed by atoms with van der Waals surface area (Å²) in [5.74, 6) is 0.478. The lowest BCUT2D eigenvalue weighted by atomic mass is 9.72. The topological polar surface area (TPSA) is 55.4 Å². The standard InChI is InChI=1S/C31H28O4.C11H16O2.Al/c1-29(2)34-27(30(32,23-15-7-3-8-16-23)24-17-9-4-10-18-24)28(35-29)31(33,25-19-11-5-12-20-25)26-21-13-6-14-22-26;1-11(2,3)9-7-8(13-4)5-6-10(9)12;/h3-22,27-28H,1-2H3;5-7,12H,1-4H3;/q-2;;+3/p-1/t27-,28-;;/m1../s1. The van der Waals surface area contributed by atoms with Crippen LogP contribution >= 0.6 is 0 Å². The van der Waals surface area contributed by atoms with Crippen LogP contribution in [0.15, 0.2) is 140 Å². The third-order valence-corrected chi connectivity index (χ3v) is 11.1. The van der Waals surface area contributed by atoms with E-state index >= 15 is 0 Å². The van der Waals surface area contributed by atoms with Crippen LogP contribution in [0.25, 0.3) is 0 Å². The second-order valence-corrected chi connectivity index (χ2v) is 15.5. The number of ether oxygens (including phenoxy) is 3. The number of hydrogen-bond acceptors (Lipinski definition) is 6. The highest BCUT2D eigenvalue weighted by Gasteiger charge is 2.69. The number of fused-ring (bicyclic) bond motifs is 1. The maximum absolute atomic E-state index is 7.56. The molecule has 5 aromatic rings. The minimum Gasteiger partial charge on any atom is -0.598 e. The van der Waals surface area contributed by atoms with Crippen molar-refractivity contribution in [1.29, 1.82) is 0 Å². The fourth-order valence-corrected chi connectivity index (χ4v) is 9.28. The first-order chi connectivity index (χ1) is 23.6. The maximum Gasteiger partial charge on any atom is 1.00 e. The monoisotopic (exact) mass is 670 g/mol. The van der Waals surface area contributed by atoms with Crippen molar-refractivity contribution in [2.75, 3.05) is 7.11 Å². The van der Waals surface area contributed by atoms with Crippen LogP contribution in [-0.4, -0.2) is 40.3 Å². The molecular formula is C42H43AlO6. The Bertz CT molecular complexity index is 1680. The molecule has 2 heterocycles. The van der Waals surface area contributed by atoms with E-state index < -0.39 is 44.3 Å². The molecule has 0 amide bonds. The molecule has 0 aliphatic carbocycles. The molecule has 6 nitrogen and oxygen atoms in total. The Labute approximate surface area is 294 Å². The second kappa shape index (κ2) is 13.1. The smallest absolute Gasteiger partial charge is 0.598 e. The van der Waals surface area contributed by atoms with E-state index in [4.69, 9.17) is 25.6 Å². The van der Waals surface area contributed by atoms with Crippen LogP contribution in [0.1, 0.15) is 62.4 Å². The lowest BCUT2D eigenvalue weighted by molar-refractivity contribution is -0.180. The Balaban J connectivity index is 1.54. The van der Waals surface area contributed by atoms with Gasteiger partial charge in [-0.1, -0.05) is 142 Å². The van der Waals surface area contributed by atoms with E-state index in [1.54, 1.807) is 7.11 Å². The first kappa shape index (κ1) is 33.6. The van der Waals surface area contributed by atoms with Gasteiger partial charge in [-0.25, -0.2) is 0 Å². The van der Waals surface area contributed by atoms with E-state index in [0.29, 0.717) is 5.75 Å². The summed E-state index contributed by atoms with van der Waals surface area (Å²) in [4.78, 5) is 0. The Hall–Kier alpha value is -3.93. The zero-order valence-electron chi connectivity index (χ0n) is 29.0. The van der Waals surface area contributed by atoms with Crippen molar-refractivity contribution >= 4 is 15.1 Å². The first-order valence-corrected chi connectivity index (χ1v) is 18.3. The van der Waals surface area contributed by atoms with E-state index in [9.17, 15) is 0 Å². The average molecular weight is 671 g/mol. The zero-order chi connectivity index (χ0) is 34.3. The molecule has 0 radical (unpaired) electrons. The highest BCUT2D eigenvalue weighted by Crippen LogP contribution is 2.56. The van der Waals surface area contributed by atoms with E-state index in [-0.39, 0.29) is 5.41 Å². The van der Waals surface area contributed by atoms with Crippen LogP contribution in [0.2, 0.25) is 0 Å². The SMILES string of the molecule is COc1ccc([O][Al]2[O]C(c3ccccc3)(c3ccccc3)[C@@H]3OC(C)(C)O[C@H]3C(c3ccccc3)(c3ccccc3)[O]2)c(C(C)(C)C)c1. The van der Waals surface area contributed by atoms with Gasteiger partial charge < -0.3 is 25.6 Å². The summed E-state index contributed by atoms with van der Waals surface area (Å²) < 4.78 is 42.1. The van der Waals surface area contributed by atoms with E-state index in [1.165, 1.54) is 0 Å². The van der Waals surface area contributed by atoms with Crippen LogP contribution < -0.4 is 8.53 Å². The van der Waals surface area contributed by atoms with Crippen molar-refractivity contribution in [1.82, 2.24) is 0 Å². The van der Waals surface area contributed by atoms with E-state index in [1.807, 2.05) is 105 Å². The Kier molecular flexibility index (Phi) is 8.96. The molecule has 0 spiro atoms. The predicted molar refractivity (Wildman–Crippen MR) is 191 cm³/mol. The Morgan fingerprint density at radius 2 is 0.959 bits per heavy atom. The number of benzene rings is 5. The van der Waals surface area contributed by atoms with Crippen LogP contribution in [-0.2, 0) is 33.7 Å². The molecular weight excluding hydrogens is 627 g/mol. The van der Waals surface area contributed by atoms with Gasteiger partial charge >= 0.3 is 15.1 Å². The Morgan fingerprint density at radius 1 is 0.571 bits per heavy atom. The molecule has 2 aliphatic rings. The van der Waals surface area contributed by atoms with Crippen LogP contribution in [0, 0.1) is 0 Å². The third kappa shape index (κ3) is 6.10. The largest absolute Gasteiger partial charge is 1.00 e. The molecule has 0 aromatic heterocycles. The molecule has 2 atom stereocenters. The summed E-state index contributed by atoms with van der Waals surface area (Å²) in [5.41, 5.74) is 2.07. The van der Waals surface area contributed by atoms with Gasteiger partial charge in [0.1, 0.15) is 29.2 Å². The van der Waals surface area contributed by atoms with E-state index in [0.717, 1.165) is 33.6 Å². The summed E-state index contributed by atoms with van der Waals surface area (Å²) >= 11 is -3.25. The second-order valence-electron chi connectivity index (χ2n) is 14.2. The van der Waals surface area contributed by atoms with Gasteiger partial charge in [0.2, 0.25) is 0 Å². The molecule has 0 bridgehead atoms. The molecule has 0 unspecified atom stereocenters. The summed E-state index contributed by atoms with van der Waals surface area (Å²) in [5, 5.41) is 0. The van der Waals surface area contributed by atoms with Gasteiger partial charge in [-0.2, -0.15) is 0 Å². The van der Waals surface area contributed by atoms with Crippen molar-refractivity contribution in [2.24, 2.45) is 0 Å². The summed E-state index contributed by atoms with van der Waals surface area (Å²) in [7, 11) is 1.68. The van der Waals surface area contributed by atoms with Crippen molar-refractivity contribution in [3.05, 3.63) is 167 Å². The summed E-state index contributed by atoms with van der Waals surface area (Å²) in [6.45, 7) is 10.4. The molecule has 0 saturated carbocycles. The number of methoxy groups -OCH3 is 1. The van der Waals surface area contributed by atoms with Crippen molar-refractivity contribution in [3.63, 3.8) is 0 Å². The average Bonchev–Trinajstić information content (AvgIpc) is 3.40. The number of hydrogen-bond donors (Lipinski definition) is 0. The van der Waals surface area contributed by atoms with E-state index in [2.05, 4.69) is 69.3 Å². The summed E-state index contributed by atoms with van der Waals surface area (Å²) in [6.07, 6.45) is -1.32. The minimum absolute atomic E-state index is 0.262. The highest BCUT2D eigenvalue weighted by atomic mass is 27.3. The van der Waals surface area contributed by atoms with Crippen molar-refractivity contribution < 1.29 is 25.6 Å². The molecule has 2 aliphatic heterocycles. The normalized spacial score (nSPS) is 21.0. The van der Waals surface area contributed by atoms with Gasteiger partial charge in [0.25, 0.3) is 0 Å². The lowest BCUT2D eigenvalue weighted by Gasteiger charge is -2.43. The van der Waals surface area contributed by atoms with Gasteiger partial charge in [0.15, 0.2) is 5.79 Å². The van der Waals surface area contributed by atoms with Crippen molar-refractivity contribution in [3.8, 4) is 11.5 Å². The molecule has 2 saturated heterocycles. The van der Waals surface area contributed by atoms with Gasteiger partial charge in [-0.15, -0.1) is 0 Å². The third-order valence-electron chi connectivity index (χ3n) is 9.49. The van der Waals surface area contributed by atoms with Crippen molar-refractivity contribution in [2.45, 2.75) is 69.2 Å². The minimum atomic E-state index is -3.25. The molecule has 2 fully saturated rings. The molecule has 250 valence electrons. The fourth-order valence-electron chi connectivity index (χ4n) is 7.30. The van der Waals surface area contributed by atoms with Crippen LogP contribution in [0.3, 0.4) is 0 Å². The van der Waals surface area contributed by atoms with Gasteiger partial charge in [-0.05, 0) is 65.3 Å². The molecule has 7 heteroatoms. The zero-order valence-corrected chi connectivity index (χ0v) is 30.1. The van der Waals surface area contributed by atoms with Gasteiger partial charge in [-0.3, -0.25) is 0 Å².